The van der Waals surface area contributed by atoms with Gasteiger partial charge in [0.1, 0.15) is 5.00 Å². The molecule has 0 radical (unpaired) electrons. The van der Waals surface area contributed by atoms with Gasteiger partial charge in [-0.05, 0) is 56.4 Å². The second-order valence-electron chi connectivity index (χ2n) is 5.95. The molecule has 1 aliphatic carbocycles. The van der Waals surface area contributed by atoms with Gasteiger partial charge < -0.3 is 10.1 Å². The Morgan fingerprint density at radius 2 is 2.04 bits per heavy atom. The molecule has 1 aromatic carbocycles. The number of hydrogen-bond acceptors (Lipinski definition) is 4. The fourth-order valence-electron chi connectivity index (χ4n) is 3.05. The number of nitrogens with one attached hydrogen (secondary N) is 1. The van der Waals surface area contributed by atoms with Gasteiger partial charge in [0.15, 0.2) is 0 Å². The first-order chi connectivity index (χ1) is 12.1. The maximum atomic E-state index is 12.6. The predicted molar refractivity (Wildman–Crippen MR) is 101 cm³/mol. The lowest BCUT2D eigenvalue weighted by atomic mass is 10.1. The third-order valence-electron chi connectivity index (χ3n) is 4.21. The lowest BCUT2D eigenvalue weighted by molar-refractivity contribution is 0.0527. The summed E-state index contributed by atoms with van der Waals surface area (Å²) in [6.07, 6.45) is 5.12. The minimum atomic E-state index is -0.358. The van der Waals surface area contributed by atoms with E-state index in [2.05, 4.69) is 5.32 Å². The van der Waals surface area contributed by atoms with Crippen molar-refractivity contribution in [1.82, 2.24) is 0 Å². The number of anilines is 1. The van der Waals surface area contributed by atoms with E-state index in [9.17, 15) is 9.59 Å². The third-order valence-corrected chi connectivity index (χ3v) is 5.66. The molecule has 0 atom stereocenters. The summed E-state index contributed by atoms with van der Waals surface area (Å²) in [5.74, 6) is -0.632. The van der Waals surface area contributed by atoms with Gasteiger partial charge in [-0.15, -0.1) is 11.3 Å². The number of esters is 1. The Bertz CT molecular complexity index is 800. The predicted octanol–water partition coefficient (Wildman–Crippen LogP) is 5.10. The van der Waals surface area contributed by atoms with Gasteiger partial charge in [-0.1, -0.05) is 24.1 Å². The van der Waals surface area contributed by atoms with E-state index in [-0.39, 0.29) is 11.9 Å². The average molecular weight is 378 g/mol. The highest BCUT2D eigenvalue weighted by Crippen LogP contribution is 2.38. The summed E-state index contributed by atoms with van der Waals surface area (Å²) in [5.41, 5.74) is 2.03. The molecular formula is C19H20ClNO3S. The Morgan fingerprint density at radius 1 is 1.24 bits per heavy atom. The molecule has 0 saturated heterocycles. The monoisotopic (exact) mass is 377 g/mol. The van der Waals surface area contributed by atoms with Crippen LogP contribution in [0.25, 0.3) is 0 Å². The van der Waals surface area contributed by atoms with Crippen LogP contribution in [0, 0.1) is 0 Å². The lowest BCUT2D eigenvalue weighted by Gasteiger charge is -2.08. The molecule has 1 aromatic heterocycles. The van der Waals surface area contributed by atoms with E-state index in [4.69, 9.17) is 16.3 Å². The first-order valence-corrected chi connectivity index (χ1v) is 9.68. The van der Waals surface area contributed by atoms with Gasteiger partial charge in [0, 0.05) is 15.5 Å². The Hall–Kier alpha value is -1.85. The first-order valence-electron chi connectivity index (χ1n) is 8.48. The fourth-order valence-corrected chi connectivity index (χ4v) is 4.52. The molecule has 25 heavy (non-hydrogen) atoms. The quantitative estimate of drug-likeness (QED) is 0.595. The molecule has 1 N–H and O–H groups in total. The van der Waals surface area contributed by atoms with Gasteiger partial charge in [0.25, 0.3) is 5.91 Å². The summed E-state index contributed by atoms with van der Waals surface area (Å²) in [6.45, 7) is 2.10. The Kier molecular flexibility index (Phi) is 5.76. The van der Waals surface area contributed by atoms with Crippen LogP contribution in [0.5, 0.6) is 0 Å². The highest BCUT2D eigenvalue weighted by Gasteiger charge is 2.26. The van der Waals surface area contributed by atoms with E-state index >= 15 is 0 Å². The normalized spacial score (nSPS) is 13.7. The zero-order valence-electron chi connectivity index (χ0n) is 14.1. The number of ether oxygens (including phenoxy) is 1. The molecule has 6 heteroatoms. The topological polar surface area (TPSA) is 55.4 Å². The van der Waals surface area contributed by atoms with Crippen molar-refractivity contribution in [3.63, 3.8) is 0 Å². The van der Waals surface area contributed by atoms with Crippen molar-refractivity contribution in [3.8, 4) is 0 Å². The zero-order chi connectivity index (χ0) is 17.8. The van der Waals surface area contributed by atoms with Crippen molar-refractivity contribution in [2.24, 2.45) is 0 Å². The summed E-state index contributed by atoms with van der Waals surface area (Å²) in [4.78, 5) is 26.2. The first kappa shape index (κ1) is 18.0. The average Bonchev–Trinajstić information content (AvgIpc) is 2.76. The minimum Gasteiger partial charge on any atom is -0.462 e. The van der Waals surface area contributed by atoms with Gasteiger partial charge in [-0.2, -0.15) is 0 Å². The Balaban J connectivity index is 1.94. The van der Waals surface area contributed by atoms with Gasteiger partial charge in [-0.25, -0.2) is 4.79 Å². The molecule has 2 aromatic rings. The van der Waals surface area contributed by atoms with E-state index in [1.807, 2.05) is 0 Å². The number of carbonyl (C=O) groups is 2. The smallest absolute Gasteiger partial charge is 0.341 e. The van der Waals surface area contributed by atoms with Crippen LogP contribution in [0.2, 0.25) is 5.02 Å². The van der Waals surface area contributed by atoms with E-state index in [0.717, 1.165) is 37.7 Å². The second kappa shape index (κ2) is 8.02. The highest BCUT2D eigenvalue weighted by molar-refractivity contribution is 7.17. The summed E-state index contributed by atoms with van der Waals surface area (Å²) in [6, 6.07) is 6.76. The van der Waals surface area contributed by atoms with Crippen molar-refractivity contribution in [2.75, 3.05) is 11.9 Å². The molecule has 0 spiro atoms. The number of halogens is 1. The van der Waals surface area contributed by atoms with Crippen molar-refractivity contribution in [1.29, 1.82) is 0 Å². The summed E-state index contributed by atoms with van der Waals surface area (Å²) >= 11 is 7.45. The molecule has 3 rings (SSSR count). The molecule has 0 unspecified atom stereocenters. The van der Waals surface area contributed by atoms with Crippen LogP contribution in [0.4, 0.5) is 5.00 Å². The molecule has 0 saturated carbocycles. The van der Waals surface area contributed by atoms with Crippen LogP contribution in [0.3, 0.4) is 0 Å². The molecule has 1 amide bonds. The van der Waals surface area contributed by atoms with E-state index in [0.29, 0.717) is 27.8 Å². The molecular weight excluding hydrogens is 358 g/mol. The van der Waals surface area contributed by atoms with Crippen molar-refractivity contribution in [3.05, 3.63) is 50.9 Å². The second-order valence-corrected chi connectivity index (χ2v) is 7.50. The van der Waals surface area contributed by atoms with Crippen LogP contribution in [-0.4, -0.2) is 18.5 Å². The number of amides is 1. The standard InChI is InChI=1S/C19H20ClNO3S/c1-2-24-19(23)16-14-9-4-3-5-10-15(14)25-18(16)21-17(22)12-7-6-8-13(20)11-12/h6-8,11H,2-5,9-10H2,1H3,(H,21,22). The summed E-state index contributed by atoms with van der Waals surface area (Å²) in [7, 11) is 0. The lowest BCUT2D eigenvalue weighted by Crippen LogP contribution is -2.15. The summed E-state index contributed by atoms with van der Waals surface area (Å²) < 4.78 is 5.24. The SMILES string of the molecule is CCOC(=O)c1c(NC(=O)c2cccc(Cl)c2)sc2c1CCCCC2. The van der Waals surface area contributed by atoms with Gasteiger partial charge >= 0.3 is 5.97 Å². The van der Waals surface area contributed by atoms with Crippen LogP contribution in [0.15, 0.2) is 24.3 Å². The Morgan fingerprint density at radius 3 is 2.80 bits per heavy atom. The summed E-state index contributed by atoms with van der Waals surface area (Å²) in [5, 5.41) is 3.97. The molecule has 1 heterocycles. The van der Waals surface area contributed by atoms with Crippen molar-refractivity contribution in [2.45, 2.75) is 39.0 Å². The maximum Gasteiger partial charge on any atom is 0.341 e. The zero-order valence-corrected chi connectivity index (χ0v) is 15.6. The van der Waals surface area contributed by atoms with Gasteiger partial charge in [0.05, 0.1) is 12.2 Å². The Labute approximate surface area is 156 Å². The maximum absolute atomic E-state index is 12.6. The number of hydrogen-bond donors (Lipinski definition) is 1. The molecule has 0 bridgehead atoms. The number of benzene rings is 1. The van der Waals surface area contributed by atoms with Crippen LogP contribution in [0.1, 0.15) is 57.3 Å². The van der Waals surface area contributed by atoms with Gasteiger partial charge in [0.2, 0.25) is 0 Å². The van der Waals surface area contributed by atoms with Crippen molar-refractivity contribution < 1.29 is 14.3 Å². The molecule has 1 aliphatic rings. The molecule has 132 valence electrons. The minimum absolute atomic E-state index is 0.274. The molecule has 4 nitrogen and oxygen atoms in total. The van der Waals surface area contributed by atoms with Crippen LogP contribution in [-0.2, 0) is 17.6 Å². The van der Waals surface area contributed by atoms with Crippen LogP contribution < -0.4 is 5.32 Å². The number of carbonyl (C=O) groups excluding carboxylic acids is 2. The fraction of sp³-hybridized carbons (Fsp3) is 0.368. The van der Waals surface area contributed by atoms with E-state index in [1.165, 1.54) is 16.2 Å². The highest BCUT2D eigenvalue weighted by atomic mass is 35.5. The number of aryl methyl sites for hydroxylation is 1. The van der Waals surface area contributed by atoms with Crippen LogP contribution >= 0.6 is 22.9 Å². The number of fused-ring (bicyclic) bond motifs is 1. The van der Waals surface area contributed by atoms with E-state index in [1.54, 1.807) is 31.2 Å². The van der Waals surface area contributed by atoms with Crippen molar-refractivity contribution >= 4 is 39.8 Å². The number of rotatable bonds is 4. The largest absolute Gasteiger partial charge is 0.462 e. The molecule has 0 fully saturated rings. The number of thiophene rings is 1. The van der Waals surface area contributed by atoms with E-state index < -0.39 is 0 Å². The third kappa shape index (κ3) is 4.05. The molecule has 0 aliphatic heterocycles. The van der Waals surface area contributed by atoms with Gasteiger partial charge in [-0.3, -0.25) is 4.79 Å².